The Morgan fingerprint density at radius 2 is 2.25 bits per heavy atom. The maximum atomic E-state index is 5.91. The zero-order valence-electron chi connectivity index (χ0n) is 11.1. The molecule has 2 heterocycles. The van der Waals surface area contributed by atoms with Crippen LogP contribution in [0, 0.1) is 0 Å². The van der Waals surface area contributed by atoms with E-state index in [0.29, 0.717) is 5.22 Å². The first-order valence-electron chi connectivity index (χ1n) is 6.62. The number of halogens is 2. The third-order valence-electron chi connectivity index (χ3n) is 3.37. The van der Waals surface area contributed by atoms with Crippen molar-refractivity contribution in [2.45, 2.75) is 19.4 Å². The second-order valence-electron chi connectivity index (χ2n) is 4.71. The van der Waals surface area contributed by atoms with Gasteiger partial charge in [0.05, 0.1) is 12.6 Å². The number of hydrogen-bond donors (Lipinski definition) is 1. The van der Waals surface area contributed by atoms with E-state index in [-0.39, 0.29) is 6.04 Å². The van der Waals surface area contributed by atoms with E-state index < -0.39 is 0 Å². The molecule has 5 heteroatoms. The minimum atomic E-state index is -0.0585. The van der Waals surface area contributed by atoms with Crippen molar-refractivity contribution in [3.05, 3.63) is 50.8 Å². The van der Waals surface area contributed by atoms with Gasteiger partial charge >= 0.3 is 0 Å². The lowest BCUT2D eigenvalue weighted by molar-refractivity contribution is 0.347. The van der Waals surface area contributed by atoms with Crippen LogP contribution in [0.4, 0.5) is 0 Å². The molecule has 0 bridgehead atoms. The van der Waals surface area contributed by atoms with Crippen LogP contribution in [-0.4, -0.2) is 13.2 Å². The third kappa shape index (κ3) is 2.60. The van der Waals surface area contributed by atoms with Crippen LogP contribution in [0.5, 0.6) is 5.75 Å². The number of benzene rings is 1. The van der Waals surface area contributed by atoms with Crippen molar-refractivity contribution in [3.63, 3.8) is 0 Å². The van der Waals surface area contributed by atoms with Crippen molar-refractivity contribution < 1.29 is 9.15 Å². The molecule has 1 aliphatic heterocycles. The minimum Gasteiger partial charge on any atom is -0.493 e. The molecule has 1 aliphatic rings. The Balaban J connectivity index is 2.08. The summed E-state index contributed by atoms with van der Waals surface area (Å²) in [6.45, 7) is 3.62. The predicted molar refractivity (Wildman–Crippen MR) is 82.6 cm³/mol. The van der Waals surface area contributed by atoms with Gasteiger partial charge in [0.15, 0.2) is 5.22 Å². The summed E-state index contributed by atoms with van der Waals surface area (Å²) in [5.41, 5.74) is 2.31. The molecule has 3 nitrogen and oxygen atoms in total. The molecule has 1 atom stereocenters. The topological polar surface area (TPSA) is 34.4 Å². The number of nitrogens with one attached hydrogen (secondary N) is 1. The highest BCUT2D eigenvalue weighted by molar-refractivity contribution is 9.10. The van der Waals surface area contributed by atoms with E-state index in [9.17, 15) is 0 Å². The second-order valence-corrected chi connectivity index (χ2v) is 6.00. The molecule has 1 N–H and O–H groups in total. The lowest BCUT2D eigenvalue weighted by atomic mass is 10.00. The summed E-state index contributed by atoms with van der Waals surface area (Å²) in [5.74, 6) is 1.76. The van der Waals surface area contributed by atoms with Gasteiger partial charge < -0.3 is 14.5 Å². The number of fused-ring (bicyclic) bond motifs is 1. The molecule has 2 aromatic rings. The Bertz CT molecular complexity index is 626. The van der Waals surface area contributed by atoms with Crippen molar-refractivity contribution in [1.82, 2.24) is 5.32 Å². The minimum absolute atomic E-state index is 0.0585. The summed E-state index contributed by atoms with van der Waals surface area (Å²) in [6, 6.07) is 7.80. The first-order valence-corrected chi connectivity index (χ1v) is 7.80. The Hall–Kier alpha value is -0.970. The molecule has 0 aliphatic carbocycles. The van der Waals surface area contributed by atoms with Gasteiger partial charge in [-0.1, -0.05) is 22.9 Å². The molecule has 0 spiro atoms. The van der Waals surface area contributed by atoms with E-state index >= 15 is 0 Å². The van der Waals surface area contributed by atoms with Crippen LogP contribution < -0.4 is 10.1 Å². The Labute approximate surface area is 131 Å². The van der Waals surface area contributed by atoms with Crippen molar-refractivity contribution >= 4 is 27.5 Å². The average molecular weight is 357 g/mol. The molecule has 3 rings (SSSR count). The number of furan rings is 1. The van der Waals surface area contributed by atoms with Gasteiger partial charge in [0.25, 0.3) is 0 Å². The molecule has 1 unspecified atom stereocenters. The van der Waals surface area contributed by atoms with Gasteiger partial charge in [0.1, 0.15) is 11.5 Å². The van der Waals surface area contributed by atoms with E-state index in [4.69, 9.17) is 20.8 Å². The SMILES string of the molecule is CCNC(c1ccc(Cl)o1)c1cc(Br)cc2c1OCC2. The van der Waals surface area contributed by atoms with E-state index in [1.807, 2.05) is 6.07 Å². The Morgan fingerprint density at radius 3 is 2.95 bits per heavy atom. The van der Waals surface area contributed by atoms with Gasteiger partial charge in [-0.2, -0.15) is 0 Å². The molecular weight excluding hydrogens is 342 g/mol. The molecule has 0 saturated heterocycles. The van der Waals surface area contributed by atoms with Gasteiger partial charge in [-0.25, -0.2) is 0 Å². The fourth-order valence-corrected chi connectivity index (χ4v) is 3.24. The fraction of sp³-hybridized carbons (Fsp3) is 0.333. The van der Waals surface area contributed by atoms with Crippen LogP contribution >= 0.6 is 27.5 Å². The summed E-state index contributed by atoms with van der Waals surface area (Å²) in [4.78, 5) is 0. The van der Waals surface area contributed by atoms with Crippen LogP contribution in [0.2, 0.25) is 5.22 Å². The molecule has 0 saturated carbocycles. The molecule has 106 valence electrons. The molecule has 1 aromatic carbocycles. The monoisotopic (exact) mass is 355 g/mol. The predicted octanol–water partition coefficient (Wildman–Crippen LogP) is 4.33. The molecule has 0 radical (unpaired) electrons. The number of ether oxygens (including phenoxy) is 1. The van der Waals surface area contributed by atoms with Crippen LogP contribution in [-0.2, 0) is 6.42 Å². The van der Waals surface area contributed by atoms with Gasteiger partial charge in [-0.05, 0) is 48.0 Å². The molecular formula is C15H15BrClNO2. The van der Waals surface area contributed by atoms with Crippen LogP contribution in [0.3, 0.4) is 0 Å². The zero-order chi connectivity index (χ0) is 14.1. The van der Waals surface area contributed by atoms with Crippen molar-refractivity contribution in [2.24, 2.45) is 0 Å². The van der Waals surface area contributed by atoms with Crippen molar-refractivity contribution in [2.75, 3.05) is 13.2 Å². The smallest absolute Gasteiger partial charge is 0.193 e. The largest absolute Gasteiger partial charge is 0.493 e. The summed E-state index contributed by atoms with van der Waals surface area (Å²) >= 11 is 9.48. The Morgan fingerprint density at radius 1 is 1.40 bits per heavy atom. The second kappa shape index (κ2) is 5.80. The van der Waals surface area contributed by atoms with E-state index in [2.05, 4.69) is 40.3 Å². The molecule has 0 amide bonds. The van der Waals surface area contributed by atoms with Crippen molar-refractivity contribution in [3.8, 4) is 5.75 Å². The van der Waals surface area contributed by atoms with Gasteiger partial charge in [-0.3, -0.25) is 0 Å². The number of hydrogen-bond acceptors (Lipinski definition) is 3. The van der Waals surface area contributed by atoms with E-state index in [1.54, 1.807) is 6.07 Å². The lowest BCUT2D eigenvalue weighted by Gasteiger charge is -2.19. The highest BCUT2D eigenvalue weighted by Gasteiger charge is 2.26. The average Bonchev–Trinajstić information content (AvgIpc) is 3.03. The quantitative estimate of drug-likeness (QED) is 0.885. The van der Waals surface area contributed by atoms with Crippen LogP contribution in [0.25, 0.3) is 0 Å². The molecule has 0 fully saturated rings. The first-order chi connectivity index (χ1) is 9.69. The van der Waals surface area contributed by atoms with Gasteiger partial charge in [0.2, 0.25) is 0 Å². The summed E-state index contributed by atoms with van der Waals surface area (Å²) in [6.07, 6.45) is 0.944. The fourth-order valence-electron chi connectivity index (χ4n) is 2.56. The standard InChI is InChI=1S/C15H15BrClNO2/c1-2-18-14(12-3-4-13(17)20-12)11-8-10(16)7-9-5-6-19-15(9)11/h3-4,7-8,14,18H,2,5-6H2,1H3. The Kier molecular flexibility index (Phi) is 4.06. The normalized spacial score (nSPS) is 14.9. The van der Waals surface area contributed by atoms with Crippen molar-refractivity contribution in [1.29, 1.82) is 0 Å². The highest BCUT2D eigenvalue weighted by atomic mass is 79.9. The summed E-state index contributed by atoms with van der Waals surface area (Å²) in [7, 11) is 0. The van der Waals surface area contributed by atoms with Crippen LogP contribution in [0.15, 0.2) is 33.2 Å². The first kappa shape index (κ1) is 14.0. The number of rotatable bonds is 4. The van der Waals surface area contributed by atoms with E-state index in [1.165, 1.54) is 5.56 Å². The molecule has 20 heavy (non-hydrogen) atoms. The highest BCUT2D eigenvalue weighted by Crippen LogP contribution is 2.39. The van der Waals surface area contributed by atoms with Gasteiger partial charge in [-0.15, -0.1) is 0 Å². The maximum Gasteiger partial charge on any atom is 0.193 e. The summed E-state index contributed by atoms with van der Waals surface area (Å²) < 4.78 is 12.4. The molecule has 1 aromatic heterocycles. The third-order valence-corrected chi connectivity index (χ3v) is 4.04. The zero-order valence-corrected chi connectivity index (χ0v) is 13.4. The summed E-state index contributed by atoms with van der Waals surface area (Å²) in [5, 5.41) is 3.83. The van der Waals surface area contributed by atoms with Gasteiger partial charge in [0, 0.05) is 16.5 Å². The van der Waals surface area contributed by atoms with E-state index in [0.717, 1.165) is 41.1 Å². The lowest BCUT2D eigenvalue weighted by Crippen LogP contribution is -2.22. The maximum absolute atomic E-state index is 5.91. The van der Waals surface area contributed by atoms with Crippen LogP contribution in [0.1, 0.15) is 29.9 Å².